The molecule has 1 heterocycles. The third kappa shape index (κ3) is 8.38. The zero-order valence-corrected chi connectivity index (χ0v) is 20.5. The number of likely N-dealkylation sites (N-methyl/N-ethyl adjacent to an activating group) is 1. The van der Waals surface area contributed by atoms with Crippen molar-refractivity contribution in [1.82, 2.24) is 20.5 Å². The molecule has 0 saturated heterocycles. The van der Waals surface area contributed by atoms with Crippen molar-refractivity contribution in [3.05, 3.63) is 52.0 Å². The minimum absolute atomic E-state index is 0. The Kier molecular flexibility index (Phi) is 11.6. The largest absolute Gasteiger partial charge is 0.434 e. The summed E-state index contributed by atoms with van der Waals surface area (Å²) in [4.78, 5) is 10.2. The molecule has 0 fully saturated rings. The van der Waals surface area contributed by atoms with E-state index in [1.54, 1.807) is 7.05 Å². The number of hydrogen-bond acceptors (Lipinski definition) is 4. The summed E-state index contributed by atoms with van der Waals surface area (Å²) >= 11 is 0.983. The molecular formula is C20H29F3IN5S. The third-order valence-corrected chi connectivity index (χ3v) is 5.47. The van der Waals surface area contributed by atoms with Crippen LogP contribution in [0.4, 0.5) is 13.2 Å². The van der Waals surface area contributed by atoms with Crippen molar-refractivity contribution in [3.63, 3.8) is 0 Å². The molecule has 1 unspecified atom stereocenters. The number of nitrogens with one attached hydrogen (secondary N) is 2. The second kappa shape index (κ2) is 13.1. The van der Waals surface area contributed by atoms with Crippen molar-refractivity contribution in [2.24, 2.45) is 4.99 Å². The van der Waals surface area contributed by atoms with Crippen LogP contribution in [0.15, 0.2) is 40.7 Å². The molecule has 0 aliphatic heterocycles. The van der Waals surface area contributed by atoms with Gasteiger partial charge in [0.1, 0.15) is 5.01 Å². The van der Waals surface area contributed by atoms with Crippen LogP contribution in [0, 0.1) is 0 Å². The Balaban J connectivity index is 0.00000450. The number of thiazole rings is 1. The third-order valence-electron chi connectivity index (χ3n) is 4.62. The van der Waals surface area contributed by atoms with Gasteiger partial charge in [-0.3, -0.25) is 9.89 Å². The van der Waals surface area contributed by atoms with Gasteiger partial charge in [0.05, 0.1) is 6.54 Å². The number of benzene rings is 1. The van der Waals surface area contributed by atoms with Crippen molar-refractivity contribution in [3.8, 4) is 0 Å². The molecular weight excluding hydrogens is 526 g/mol. The second-order valence-electron chi connectivity index (χ2n) is 6.50. The van der Waals surface area contributed by atoms with E-state index < -0.39 is 11.9 Å². The van der Waals surface area contributed by atoms with E-state index in [0.717, 1.165) is 36.2 Å². The smallest absolute Gasteiger partial charge is 0.355 e. The van der Waals surface area contributed by atoms with Crippen LogP contribution in [0.3, 0.4) is 0 Å². The Morgan fingerprint density at radius 1 is 1.17 bits per heavy atom. The molecule has 0 spiro atoms. The molecule has 0 aliphatic carbocycles. The molecule has 1 aromatic heterocycles. The summed E-state index contributed by atoms with van der Waals surface area (Å²) in [5.41, 5.74) is 0.406. The highest BCUT2D eigenvalue weighted by atomic mass is 127. The number of rotatable bonds is 9. The fourth-order valence-corrected chi connectivity index (χ4v) is 3.81. The van der Waals surface area contributed by atoms with E-state index in [1.807, 2.05) is 18.2 Å². The van der Waals surface area contributed by atoms with E-state index in [1.165, 1.54) is 5.56 Å². The highest BCUT2D eigenvalue weighted by Crippen LogP contribution is 2.29. The molecule has 30 heavy (non-hydrogen) atoms. The van der Waals surface area contributed by atoms with Gasteiger partial charge in [-0.1, -0.05) is 44.2 Å². The minimum Gasteiger partial charge on any atom is -0.355 e. The van der Waals surface area contributed by atoms with Gasteiger partial charge in [-0.05, 0) is 25.1 Å². The van der Waals surface area contributed by atoms with Crippen LogP contribution in [0.1, 0.15) is 30.1 Å². The topological polar surface area (TPSA) is 52.5 Å². The summed E-state index contributed by atoms with van der Waals surface area (Å²) in [6.07, 6.45) is -3.52. The Morgan fingerprint density at radius 2 is 1.83 bits per heavy atom. The fourth-order valence-electron chi connectivity index (χ4n) is 3.07. The van der Waals surface area contributed by atoms with Crippen LogP contribution >= 0.6 is 35.3 Å². The van der Waals surface area contributed by atoms with E-state index in [-0.39, 0.29) is 36.6 Å². The van der Waals surface area contributed by atoms with Gasteiger partial charge >= 0.3 is 6.18 Å². The van der Waals surface area contributed by atoms with Gasteiger partial charge in [0.25, 0.3) is 0 Å². The molecule has 5 nitrogen and oxygen atoms in total. The molecule has 10 heteroatoms. The molecule has 2 rings (SSSR count). The van der Waals surface area contributed by atoms with E-state index in [0.29, 0.717) is 17.5 Å². The predicted molar refractivity (Wildman–Crippen MR) is 128 cm³/mol. The van der Waals surface area contributed by atoms with Crippen molar-refractivity contribution >= 4 is 41.3 Å². The maximum Gasteiger partial charge on any atom is 0.434 e. The highest BCUT2D eigenvalue weighted by molar-refractivity contribution is 14.0. The Labute approximate surface area is 197 Å². The van der Waals surface area contributed by atoms with Gasteiger partial charge in [0.2, 0.25) is 0 Å². The number of aliphatic imine (C=N–C) groups is 1. The van der Waals surface area contributed by atoms with Crippen LogP contribution in [0.2, 0.25) is 0 Å². The van der Waals surface area contributed by atoms with Gasteiger partial charge < -0.3 is 10.6 Å². The normalized spacial score (nSPS) is 13.1. The number of hydrogen-bond donors (Lipinski definition) is 2. The summed E-state index contributed by atoms with van der Waals surface area (Å²) < 4.78 is 38.0. The summed E-state index contributed by atoms with van der Waals surface area (Å²) in [6, 6.07) is 10.6. The fraction of sp³-hybridized carbons (Fsp3) is 0.500. The van der Waals surface area contributed by atoms with Crippen LogP contribution in [0.5, 0.6) is 0 Å². The quantitative estimate of drug-likeness (QED) is 0.274. The van der Waals surface area contributed by atoms with Crippen LogP contribution in [-0.2, 0) is 19.1 Å². The van der Waals surface area contributed by atoms with Gasteiger partial charge in [0, 0.05) is 25.0 Å². The average Bonchev–Trinajstić information content (AvgIpc) is 3.19. The molecule has 1 aromatic carbocycles. The molecule has 168 valence electrons. The van der Waals surface area contributed by atoms with Gasteiger partial charge in [-0.15, -0.1) is 35.3 Å². The first-order chi connectivity index (χ1) is 13.9. The predicted octanol–water partition coefficient (Wildman–Crippen LogP) is 4.40. The Morgan fingerprint density at radius 3 is 2.37 bits per heavy atom. The van der Waals surface area contributed by atoms with Crippen LogP contribution in [0.25, 0.3) is 0 Å². The first-order valence-electron chi connectivity index (χ1n) is 9.61. The molecule has 0 saturated carbocycles. The molecule has 1 atom stereocenters. The average molecular weight is 555 g/mol. The lowest BCUT2D eigenvalue weighted by molar-refractivity contribution is -0.140. The summed E-state index contributed by atoms with van der Waals surface area (Å²) in [6.45, 7) is 6.99. The van der Waals surface area contributed by atoms with Gasteiger partial charge in [-0.25, -0.2) is 4.98 Å². The first-order valence-corrected chi connectivity index (χ1v) is 10.5. The minimum atomic E-state index is -4.41. The lowest BCUT2D eigenvalue weighted by atomic mass is 10.0. The van der Waals surface area contributed by atoms with E-state index in [2.05, 4.69) is 51.5 Å². The summed E-state index contributed by atoms with van der Waals surface area (Å²) in [5, 5.41) is 7.74. The Bertz CT molecular complexity index is 763. The SMILES string of the molecule is CCN(CC)C(CNC(=NC)NCc1nc(C(F)(F)F)cs1)Cc1ccccc1.I. The van der Waals surface area contributed by atoms with Gasteiger partial charge in [-0.2, -0.15) is 13.2 Å². The van der Waals surface area contributed by atoms with E-state index in [4.69, 9.17) is 0 Å². The second-order valence-corrected chi connectivity index (χ2v) is 7.44. The van der Waals surface area contributed by atoms with E-state index in [9.17, 15) is 13.2 Å². The number of aromatic nitrogens is 1. The van der Waals surface area contributed by atoms with E-state index >= 15 is 0 Å². The van der Waals surface area contributed by atoms with Crippen molar-refractivity contribution < 1.29 is 13.2 Å². The van der Waals surface area contributed by atoms with Crippen molar-refractivity contribution in [1.29, 1.82) is 0 Å². The van der Waals surface area contributed by atoms with Crippen LogP contribution in [-0.4, -0.2) is 48.6 Å². The molecule has 2 aromatic rings. The zero-order valence-electron chi connectivity index (χ0n) is 17.4. The number of halogens is 4. The molecule has 0 radical (unpaired) electrons. The molecule has 0 bridgehead atoms. The molecule has 2 N–H and O–H groups in total. The Hall–Kier alpha value is -1.40. The lowest BCUT2D eigenvalue weighted by Gasteiger charge is -2.30. The molecule has 0 amide bonds. The number of guanidine groups is 1. The monoisotopic (exact) mass is 555 g/mol. The van der Waals surface area contributed by atoms with Gasteiger partial charge in [0.15, 0.2) is 11.7 Å². The maximum atomic E-state index is 12.7. The maximum absolute atomic E-state index is 12.7. The van der Waals surface area contributed by atoms with Crippen molar-refractivity contribution in [2.75, 3.05) is 26.7 Å². The van der Waals surface area contributed by atoms with Crippen molar-refractivity contribution in [2.45, 2.75) is 39.0 Å². The standard InChI is InChI=1S/C20H28F3N5S.HI/c1-4-28(5-2)16(11-15-9-7-6-8-10-15)12-25-19(24-3)26-13-18-27-17(14-29-18)20(21,22)23;/h6-10,14,16H,4-5,11-13H2,1-3H3,(H2,24,25,26);1H. The number of alkyl halides is 3. The zero-order chi connectivity index (χ0) is 21.3. The van der Waals surface area contributed by atoms with Crippen LogP contribution < -0.4 is 10.6 Å². The first kappa shape index (κ1) is 26.6. The number of nitrogens with zero attached hydrogens (tertiary/aromatic N) is 3. The highest BCUT2D eigenvalue weighted by Gasteiger charge is 2.33. The summed E-state index contributed by atoms with van der Waals surface area (Å²) in [5.74, 6) is 0.541. The molecule has 0 aliphatic rings. The lowest BCUT2D eigenvalue weighted by Crippen LogP contribution is -2.48. The summed E-state index contributed by atoms with van der Waals surface area (Å²) in [7, 11) is 1.64.